The molecule has 17 heavy (non-hydrogen) atoms. The smallest absolute Gasteiger partial charge is 0.328 e. The molecule has 0 radical (unpaired) electrons. The maximum atomic E-state index is 12.4. The summed E-state index contributed by atoms with van der Waals surface area (Å²) in [7, 11) is 0. The molecular formula is C12H14FNO3. The van der Waals surface area contributed by atoms with E-state index in [1.165, 1.54) is 0 Å². The van der Waals surface area contributed by atoms with Crippen molar-refractivity contribution in [2.24, 2.45) is 0 Å². The Labute approximate surface area is 98.5 Å². The number of amides is 1. The van der Waals surface area contributed by atoms with E-state index in [9.17, 15) is 14.0 Å². The lowest BCUT2D eigenvalue weighted by atomic mass is 10.0. The molecular weight excluding hydrogens is 225 g/mol. The van der Waals surface area contributed by atoms with Crippen molar-refractivity contribution in [3.8, 4) is 0 Å². The van der Waals surface area contributed by atoms with Crippen molar-refractivity contribution in [1.82, 2.24) is 5.32 Å². The van der Waals surface area contributed by atoms with E-state index in [0.29, 0.717) is 5.56 Å². The molecule has 1 atom stereocenters. The Morgan fingerprint density at radius 1 is 1.41 bits per heavy atom. The van der Waals surface area contributed by atoms with Gasteiger partial charge in [-0.1, -0.05) is 17.7 Å². The highest BCUT2D eigenvalue weighted by Gasteiger charge is 2.21. The zero-order valence-electron chi connectivity index (χ0n) is 9.66. The van der Waals surface area contributed by atoms with Gasteiger partial charge < -0.3 is 10.4 Å². The molecule has 0 aliphatic carbocycles. The zero-order valence-corrected chi connectivity index (χ0v) is 9.66. The Morgan fingerprint density at radius 3 is 2.59 bits per heavy atom. The number of rotatable bonds is 4. The molecule has 1 aromatic carbocycles. The summed E-state index contributed by atoms with van der Waals surface area (Å²) in [6.45, 7) is 2.42. The molecule has 0 saturated carbocycles. The van der Waals surface area contributed by atoms with Gasteiger partial charge >= 0.3 is 5.97 Å². The molecule has 4 nitrogen and oxygen atoms in total. The number of hydrogen-bond donors (Lipinski definition) is 2. The van der Waals surface area contributed by atoms with Gasteiger partial charge in [-0.2, -0.15) is 0 Å². The third-order valence-corrected chi connectivity index (χ3v) is 2.40. The molecule has 0 bridgehead atoms. The van der Waals surface area contributed by atoms with Gasteiger partial charge in [-0.3, -0.25) is 4.79 Å². The minimum absolute atomic E-state index is 0.365. The first-order valence-corrected chi connectivity index (χ1v) is 5.12. The molecule has 92 valence electrons. The molecule has 0 aromatic heterocycles. The van der Waals surface area contributed by atoms with E-state index in [4.69, 9.17) is 5.11 Å². The van der Waals surface area contributed by atoms with Crippen molar-refractivity contribution in [3.05, 3.63) is 34.9 Å². The summed E-state index contributed by atoms with van der Waals surface area (Å²) in [4.78, 5) is 22.3. The van der Waals surface area contributed by atoms with Crippen molar-refractivity contribution in [1.29, 1.82) is 0 Å². The number of hydrogen-bond acceptors (Lipinski definition) is 2. The number of carbonyl (C=O) groups is 2. The van der Waals surface area contributed by atoms with Crippen LogP contribution in [-0.2, 0) is 4.79 Å². The van der Waals surface area contributed by atoms with E-state index < -0.39 is 24.6 Å². The predicted octanol–water partition coefficient (Wildman–Crippen LogP) is 1.46. The number of aliphatic carboxylic acids is 1. The number of alkyl halides is 1. The minimum Gasteiger partial charge on any atom is -0.480 e. The van der Waals surface area contributed by atoms with Crippen LogP contribution in [0.1, 0.15) is 21.5 Å². The van der Waals surface area contributed by atoms with Crippen molar-refractivity contribution in [3.63, 3.8) is 0 Å². The second-order valence-electron chi connectivity index (χ2n) is 3.84. The van der Waals surface area contributed by atoms with Gasteiger partial charge in [0.1, 0.15) is 6.67 Å². The highest BCUT2D eigenvalue weighted by Crippen LogP contribution is 2.10. The van der Waals surface area contributed by atoms with E-state index in [1.54, 1.807) is 19.1 Å². The standard InChI is InChI=1S/C12H14FNO3/c1-7-3-4-8(2)9(5-7)11(15)14-10(6-13)12(16)17/h3-5,10H,6H2,1-2H3,(H,14,15)(H,16,17). The molecule has 0 heterocycles. The third kappa shape index (κ3) is 3.27. The van der Waals surface area contributed by atoms with Gasteiger partial charge in [0, 0.05) is 5.56 Å². The quantitative estimate of drug-likeness (QED) is 0.835. The third-order valence-electron chi connectivity index (χ3n) is 2.40. The molecule has 0 saturated heterocycles. The molecule has 5 heteroatoms. The van der Waals surface area contributed by atoms with Gasteiger partial charge in [-0.05, 0) is 25.5 Å². The summed E-state index contributed by atoms with van der Waals surface area (Å²) < 4.78 is 12.4. The SMILES string of the molecule is Cc1ccc(C)c(C(=O)NC(CF)C(=O)O)c1. The molecule has 0 spiro atoms. The summed E-state index contributed by atoms with van der Waals surface area (Å²) in [5.74, 6) is -1.96. The largest absolute Gasteiger partial charge is 0.480 e. The van der Waals surface area contributed by atoms with E-state index in [-0.39, 0.29) is 0 Å². The van der Waals surface area contributed by atoms with E-state index in [2.05, 4.69) is 5.32 Å². The van der Waals surface area contributed by atoms with Crippen LogP contribution in [0.25, 0.3) is 0 Å². The second-order valence-corrected chi connectivity index (χ2v) is 3.84. The van der Waals surface area contributed by atoms with Gasteiger partial charge in [-0.15, -0.1) is 0 Å². The maximum Gasteiger partial charge on any atom is 0.328 e. The fourth-order valence-corrected chi connectivity index (χ4v) is 1.38. The number of nitrogens with one attached hydrogen (secondary N) is 1. The first kappa shape index (κ1) is 13.2. The van der Waals surface area contributed by atoms with Crippen LogP contribution in [0.3, 0.4) is 0 Å². The van der Waals surface area contributed by atoms with Gasteiger partial charge in [0.15, 0.2) is 6.04 Å². The van der Waals surface area contributed by atoms with Crippen LogP contribution in [0.5, 0.6) is 0 Å². The number of benzene rings is 1. The lowest BCUT2D eigenvalue weighted by Gasteiger charge is -2.12. The summed E-state index contributed by atoms with van der Waals surface area (Å²) >= 11 is 0. The molecule has 0 aliphatic heterocycles. The lowest BCUT2D eigenvalue weighted by Crippen LogP contribution is -2.42. The number of carboxylic acid groups (broad SMARTS) is 1. The predicted molar refractivity (Wildman–Crippen MR) is 60.8 cm³/mol. The monoisotopic (exact) mass is 239 g/mol. The van der Waals surface area contributed by atoms with Crippen LogP contribution in [0.4, 0.5) is 4.39 Å². The highest BCUT2D eigenvalue weighted by atomic mass is 19.1. The van der Waals surface area contributed by atoms with E-state index in [1.807, 2.05) is 13.0 Å². The molecule has 2 N–H and O–H groups in total. The first-order valence-electron chi connectivity index (χ1n) is 5.12. The lowest BCUT2D eigenvalue weighted by molar-refractivity contribution is -0.139. The van der Waals surface area contributed by atoms with Gasteiger partial charge in [0.25, 0.3) is 5.91 Å². The molecule has 1 unspecified atom stereocenters. The van der Waals surface area contributed by atoms with Crippen molar-refractivity contribution in [2.75, 3.05) is 6.67 Å². The van der Waals surface area contributed by atoms with E-state index >= 15 is 0 Å². The second kappa shape index (κ2) is 5.43. The Kier molecular flexibility index (Phi) is 4.20. The maximum absolute atomic E-state index is 12.4. The highest BCUT2D eigenvalue weighted by molar-refractivity contribution is 5.98. The number of halogens is 1. The molecule has 1 amide bonds. The summed E-state index contributed by atoms with van der Waals surface area (Å²) in [6.07, 6.45) is 0. The van der Waals surface area contributed by atoms with Crippen LogP contribution < -0.4 is 5.32 Å². The van der Waals surface area contributed by atoms with Crippen LogP contribution in [0, 0.1) is 13.8 Å². The fourth-order valence-electron chi connectivity index (χ4n) is 1.38. The Morgan fingerprint density at radius 2 is 2.06 bits per heavy atom. The van der Waals surface area contributed by atoms with Crippen LogP contribution in [-0.4, -0.2) is 29.7 Å². The normalized spacial score (nSPS) is 11.9. The van der Waals surface area contributed by atoms with E-state index in [0.717, 1.165) is 11.1 Å². The Hall–Kier alpha value is -1.91. The van der Waals surface area contributed by atoms with Crippen LogP contribution >= 0.6 is 0 Å². The average Bonchev–Trinajstić information content (AvgIpc) is 2.28. The minimum atomic E-state index is -1.50. The van der Waals surface area contributed by atoms with Crippen LogP contribution in [0.2, 0.25) is 0 Å². The Balaban J connectivity index is 2.89. The van der Waals surface area contributed by atoms with Crippen molar-refractivity contribution in [2.45, 2.75) is 19.9 Å². The van der Waals surface area contributed by atoms with Crippen LogP contribution in [0.15, 0.2) is 18.2 Å². The van der Waals surface area contributed by atoms with Gasteiger partial charge in [0.05, 0.1) is 0 Å². The number of carboxylic acids is 1. The average molecular weight is 239 g/mol. The van der Waals surface area contributed by atoms with Crippen molar-refractivity contribution < 1.29 is 19.1 Å². The summed E-state index contributed by atoms with van der Waals surface area (Å²) in [6, 6.07) is 3.75. The van der Waals surface area contributed by atoms with Crippen molar-refractivity contribution >= 4 is 11.9 Å². The molecule has 1 rings (SSSR count). The van der Waals surface area contributed by atoms with Gasteiger partial charge in [-0.25, -0.2) is 9.18 Å². The topological polar surface area (TPSA) is 66.4 Å². The zero-order chi connectivity index (χ0) is 13.0. The summed E-state index contributed by atoms with van der Waals surface area (Å²) in [5.41, 5.74) is 1.97. The molecule has 1 aromatic rings. The summed E-state index contributed by atoms with van der Waals surface area (Å²) in [5, 5.41) is 10.8. The molecule has 0 fully saturated rings. The Bertz CT molecular complexity index is 445. The van der Waals surface area contributed by atoms with Gasteiger partial charge in [0.2, 0.25) is 0 Å². The fraction of sp³-hybridized carbons (Fsp3) is 0.333. The first-order chi connectivity index (χ1) is 7.95. The number of aryl methyl sites for hydroxylation is 2. The number of carbonyl (C=O) groups excluding carboxylic acids is 1. The molecule has 0 aliphatic rings.